The maximum absolute atomic E-state index is 14.4. The van der Waals surface area contributed by atoms with Crippen LogP contribution in [-0.4, -0.2) is 11.6 Å². The minimum absolute atomic E-state index is 0.0641. The van der Waals surface area contributed by atoms with Gasteiger partial charge in [-0.25, -0.2) is 4.39 Å². The number of hydrogen-bond acceptors (Lipinski definition) is 2. The van der Waals surface area contributed by atoms with E-state index in [2.05, 4.69) is 0 Å². The van der Waals surface area contributed by atoms with Gasteiger partial charge in [-0.15, -0.1) is 0 Å². The molecule has 0 N–H and O–H groups in total. The van der Waals surface area contributed by atoms with Gasteiger partial charge in [-0.05, 0) is 47.7 Å². The number of rotatable bonds is 3. The predicted molar refractivity (Wildman–Crippen MR) is 97.8 cm³/mol. The Hall–Kier alpha value is -1.71. The third-order valence-corrected chi connectivity index (χ3v) is 5.14. The zero-order valence-corrected chi connectivity index (χ0v) is 15.3. The summed E-state index contributed by atoms with van der Waals surface area (Å²) < 4.78 is 14.4. The Morgan fingerprint density at radius 3 is 2.36 bits per heavy atom. The number of hydrogen-bond donors (Lipinski definition) is 0. The molecule has 0 bridgehead atoms. The van der Waals surface area contributed by atoms with Gasteiger partial charge in [0.15, 0.2) is 0 Å². The van der Waals surface area contributed by atoms with Gasteiger partial charge in [0.2, 0.25) is 0 Å². The van der Waals surface area contributed by atoms with Crippen LogP contribution in [-0.2, 0) is 16.0 Å². The minimum Gasteiger partial charge on any atom is -0.299 e. The molecule has 1 aliphatic rings. The smallest absolute Gasteiger partial charge is 0.147 e. The topological polar surface area (TPSA) is 34.1 Å². The molecule has 0 aliphatic heterocycles. The van der Waals surface area contributed by atoms with Crippen LogP contribution >= 0.6 is 23.2 Å². The zero-order chi connectivity index (χ0) is 18.1. The quantitative estimate of drug-likeness (QED) is 0.635. The van der Waals surface area contributed by atoms with Gasteiger partial charge < -0.3 is 0 Å². The van der Waals surface area contributed by atoms with E-state index in [0.717, 1.165) is 5.56 Å². The summed E-state index contributed by atoms with van der Waals surface area (Å²) in [6.45, 7) is 1.96. The van der Waals surface area contributed by atoms with E-state index >= 15 is 0 Å². The maximum Gasteiger partial charge on any atom is 0.147 e. The molecule has 0 radical (unpaired) electrons. The van der Waals surface area contributed by atoms with Crippen molar-refractivity contribution in [2.75, 3.05) is 0 Å². The number of benzene rings is 2. The monoisotopic (exact) mass is 378 g/mol. The average Bonchev–Trinajstić information content (AvgIpc) is 2.54. The Morgan fingerprint density at radius 2 is 1.76 bits per heavy atom. The molecule has 2 nitrogen and oxygen atoms in total. The Morgan fingerprint density at radius 1 is 1.08 bits per heavy atom. The molecule has 3 rings (SSSR count). The molecule has 0 heterocycles. The molecule has 25 heavy (non-hydrogen) atoms. The Bertz CT molecular complexity index is 822. The first-order valence-corrected chi connectivity index (χ1v) is 9.01. The van der Waals surface area contributed by atoms with Crippen molar-refractivity contribution < 1.29 is 14.0 Å². The van der Waals surface area contributed by atoms with Crippen LogP contribution in [0.2, 0.25) is 10.0 Å². The highest BCUT2D eigenvalue weighted by atomic mass is 35.5. The van der Waals surface area contributed by atoms with Gasteiger partial charge in [-0.2, -0.15) is 0 Å². The summed E-state index contributed by atoms with van der Waals surface area (Å²) in [5.41, 5.74) is 2.35. The van der Waals surface area contributed by atoms with E-state index in [1.165, 1.54) is 12.1 Å². The van der Waals surface area contributed by atoms with Crippen molar-refractivity contribution in [2.24, 2.45) is 0 Å². The van der Waals surface area contributed by atoms with Crippen molar-refractivity contribution in [1.29, 1.82) is 0 Å². The van der Waals surface area contributed by atoms with Gasteiger partial charge in [0, 0.05) is 23.4 Å². The molecule has 0 saturated heterocycles. The van der Waals surface area contributed by atoms with Gasteiger partial charge >= 0.3 is 0 Å². The van der Waals surface area contributed by atoms with Gasteiger partial charge in [-0.1, -0.05) is 42.3 Å². The fourth-order valence-electron chi connectivity index (χ4n) is 3.41. The fraction of sp³-hybridized carbons (Fsp3) is 0.300. The number of carbonyl (C=O) groups excluding carboxylic acids is 2. The zero-order valence-electron chi connectivity index (χ0n) is 13.7. The van der Waals surface area contributed by atoms with Gasteiger partial charge in [0.1, 0.15) is 23.3 Å². The molecule has 0 unspecified atom stereocenters. The van der Waals surface area contributed by atoms with Crippen LogP contribution in [0, 0.1) is 5.82 Å². The molecule has 1 fully saturated rings. The average molecular weight is 379 g/mol. The van der Waals surface area contributed by atoms with E-state index in [0.29, 0.717) is 36.8 Å². The highest BCUT2D eigenvalue weighted by Crippen LogP contribution is 2.37. The summed E-state index contributed by atoms with van der Waals surface area (Å²) in [4.78, 5) is 24.7. The van der Waals surface area contributed by atoms with E-state index in [1.54, 1.807) is 12.1 Å². The lowest BCUT2D eigenvalue weighted by Crippen LogP contribution is -2.27. The molecule has 2 aromatic carbocycles. The second-order valence-corrected chi connectivity index (χ2v) is 7.07. The van der Waals surface area contributed by atoms with E-state index in [1.807, 2.05) is 13.0 Å². The Balaban J connectivity index is 2.16. The number of halogens is 3. The molecule has 2 aromatic rings. The second kappa shape index (κ2) is 7.27. The summed E-state index contributed by atoms with van der Waals surface area (Å²) in [6.07, 6.45) is 2.09. The Kier molecular flexibility index (Phi) is 5.26. The highest BCUT2D eigenvalue weighted by Gasteiger charge is 2.33. The number of aryl methyl sites for hydroxylation is 1. The molecule has 5 heteroatoms. The molecular weight excluding hydrogens is 362 g/mol. The van der Waals surface area contributed by atoms with E-state index in [4.69, 9.17) is 23.2 Å². The van der Waals surface area contributed by atoms with Gasteiger partial charge in [0.05, 0.1) is 5.02 Å². The molecule has 1 aliphatic carbocycles. The number of ketones is 2. The third-order valence-electron chi connectivity index (χ3n) is 4.62. The summed E-state index contributed by atoms with van der Waals surface area (Å²) >= 11 is 12.0. The lowest BCUT2D eigenvalue weighted by atomic mass is 9.79. The predicted octanol–water partition coefficient (Wildman–Crippen LogP) is 5.77. The third kappa shape index (κ3) is 3.49. The van der Waals surface area contributed by atoms with Crippen LogP contribution in [0.5, 0.6) is 0 Å². The van der Waals surface area contributed by atoms with Crippen molar-refractivity contribution in [2.45, 2.75) is 38.5 Å². The van der Waals surface area contributed by atoms with Crippen LogP contribution in [0.3, 0.4) is 0 Å². The van der Waals surface area contributed by atoms with Crippen molar-refractivity contribution in [3.05, 3.63) is 57.3 Å². The van der Waals surface area contributed by atoms with E-state index in [-0.39, 0.29) is 27.2 Å². The standard InChI is InChI=1S/C20H17Cl2FO2/c1-2-11-6-7-12(19-15(22)9-13(21)10-16(19)23)8-14(11)20-17(24)4-3-5-18(20)25/h6-10,20H,2-5H2,1H3. The van der Waals surface area contributed by atoms with Gasteiger partial charge in [0.25, 0.3) is 0 Å². The normalized spacial score (nSPS) is 15.7. The van der Waals surface area contributed by atoms with Crippen molar-refractivity contribution >= 4 is 34.8 Å². The summed E-state index contributed by atoms with van der Waals surface area (Å²) in [6, 6.07) is 8.00. The van der Waals surface area contributed by atoms with Crippen LogP contribution in [0.4, 0.5) is 4.39 Å². The molecule has 130 valence electrons. The SMILES string of the molecule is CCc1ccc(-c2c(F)cc(Cl)cc2Cl)cc1C1C(=O)CCCC1=O. The molecule has 0 atom stereocenters. The van der Waals surface area contributed by atoms with E-state index < -0.39 is 11.7 Å². The number of Topliss-reactive ketones (excluding diaryl/α,β-unsaturated/α-hetero) is 2. The molecule has 1 saturated carbocycles. The van der Waals surface area contributed by atoms with Crippen LogP contribution in [0.25, 0.3) is 11.1 Å². The lowest BCUT2D eigenvalue weighted by molar-refractivity contribution is -0.131. The highest BCUT2D eigenvalue weighted by molar-refractivity contribution is 6.36. The van der Waals surface area contributed by atoms with Crippen LogP contribution in [0.1, 0.15) is 43.2 Å². The van der Waals surface area contributed by atoms with Crippen molar-refractivity contribution in [3.8, 4) is 11.1 Å². The fourth-order valence-corrected chi connectivity index (χ4v) is 3.99. The van der Waals surface area contributed by atoms with Crippen molar-refractivity contribution in [3.63, 3.8) is 0 Å². The summed E-state index contributed by atoms with van der Waals surface area (Å²) in [5, 5.41) is 0.413. The number of carbonyl (C=O) groups is 2. The maximum atomic E-state index is 14.4. The van der Waals surface area contributed by atoms with Crippen LogP contribution < -0.4 is 0 Å². The summed E-state index contributed by atoms with van der Waals surface area (Å²) in [5.74, 6) is -1.41. The van der Waals surface area contributed by atoms with Crippen molar-refractivity contribution in [1.82, 2.24) is 0 Å². The van der Waals surface area contributed by atoms with E-state index in [9.17, 15) is 14.0 Å². The first-order chi connectivity index (χ1) is 11.9. The first-order valence-electron chi connectivity index (χ1n) is 8.25. The second-order valence-electron chi connectivity index (χ2n) is 6.23. The first kappa shape index (κ1) is 18.1. The molecule has 0 spiro atoms. The Labute approximate surface area is 155 Å². The minimum atomic E-state index is -0.752. The lowest BCUT2D eigenvalue weighted by Gasteiger charge is -2.23. The largest absolute Gasteiger partial charge is 0.299 e. The molecule has 0 aromatic heterocycles. The molecular formula is C20H17Cl2FO2. The van der Waals surface area contributed by atoms with Crippen LogP contribution in [0.15, 0.2) is 30.3 Å². The van der Waals surface area contributed by atoms with Gasteiger partial charge in [-0.3, -0.25) is 9.59 Å². The molecule has 0 amide bonds. The summed E-state index contributed by atoms with van der Waals surface area (Å²) in [7, 11) is 0.